The van der Waals surface area contributed by atoms with Crippen molar-refractivity contribution in [1.82, 2.24) is 4.98 Å². The van der Waals surface area contributed by atoms with Crippen LogP contribution >= 0.6 is 0 Å². The Morgan fingerprint density at radius 3 is 2.83 bits per heavy atom. The third kappa shape index (κ3) is 2.57. The zero-order valence-corrected chi connectivity index (χ0v) is 10.6. The SMILES string of the molecule is CCC(CN)C(=O)Cc1ccnc2ccccc12. The zero-order chi connectivity index (χ0) is 13.0. The number of hydrogen-bond acceptors (Lipinski definition) is 3. The first-order valence-corrected chi connectivity index (χ1v) is 6.31. The Morgan fingerprint density at radius 2 is 2.11 bits per heavy atom. The lowest BCUT2D eigenvalue weighted by Crippen LogP contribution is -2.24. The van der Waals surface area contributed by atoms with Gasteiger partial charge in [0.15, 0.2) is 0 Å². The highest BCUT2D eigenvalue weighted by Gasteiger charge is 2.15. The van der Waals surface area contributed by atoms with Crippen molar-refractivity contribution >= 4 is 16.7 Å². The molecule has 0 bridgehead atoms. The number of aromatic nitrogens is 1. The second kappa shape index (κ2) is 5.74. The van der Waals surface area contributed by atoms with Crippen LogP contribution < -0.4 is 5.73 Å². The minimum atomic E-state index is -0.0306. The molecule has 1 heterocycles. The Bertz CT molecular complexity index is 542. The fraction of sp³-hybridized carbons (Fsp3) is 0.333. The van der Waals surface area contributed by atoms with E-state index in [2.05, 4.69) is 4.98 Å². The standard InChI is InChI=1S/C15H18N2O/c1-2-11(10-16)15(18)9-12-7-8-17-14-6-4-3-5-13(12)14/h3-8,11H,2,9-10,16H2,1H3. The fourth-order valence-corrected chi connectivity index (χ4v) is 2.17. The predicted octanol–water partition coefficient (Wildman–Crippen LogP) is 2.33. The maximum absolute atomic E-state index is 12.1. The van der Waals surface area contributed by atoms with Crippen LogP contribution in [0.25, 0.3) is 10.9 Å². The average molecular weight is 242 g/mol. The van der Waals surface area contributed by atoms with Gasteiger partial charge in [0.25, 0.3) is 0 Å². The van der Waals surface area contributed by atoms with Gasteiger partial charge in [-0.05, 0) is 24.1 Å². The molecule has 0 saturated heterocycles. The van der Waals surface area contributed by atoms with Crippen LogP contribution in [-0.4, -0.2) is 17.3 Å². The number of nitrogens with zero attached hydrogens (tertiary/aromatic N) is 1. The van der Waals surface area contributed by atoms with Gasteiger partial charge in [0.2, 0.25) is 0 Å². The lowest BCUT2D eigenvalue weighted by atomic mass is 9.94. The van der Waals surface area contributed by atoms with E-state index in [-0.39, 0.29) is 11.7 Å². The van der Waals surface area contributed by atoms with Gasteiger partial charge >= 0.3 is 0 Å². The van der Waals surface area contributed by atoms with Crippen LogP contribution in [-0.2, 0) is 11.2 Å². The second-order valence-electron chi connectivity index (χ2n) is 4.47. The molecule has 0 saturated carbocycles. The van der Waals surface area contributed by atoms with Gasteiger partial charge in [-0.25, -0.2) is 0 Å². The molecule has 3 heteroatoms. The minimum Gasteiger partial charge on any atom is -0.330 e. The Hall–Kier alpha value is -1.74. The Morgan fingerprint density at radius 1 is 1.33 bits per heavy atom. The number of nitrogens with two attached hydrogens (primary N) is 1. The van der Waals surface area contributed by atoms with Gasteiger partial charge < -0.3 is 5.73 Å². The third-order valence-electron chi connectivity index (χ3n) is 3.34. The molecule has 0 amide bonds. The molecule has 0 spiro atoms. The van der Waals surface area contributed by atoms with Crippen molar-refractivity contribution in [1.29, 1.82) is 0 Å². The fourth-order valence-electron chi connectivity index (χ4n) is 2.17. The number of benzene rings is 1. The molecule has 3 nitrogen and oxygen atoms in total. The van der Waals surface area contributed by atoms with Crippen molar-refractivity contribution in [2.45, 2.75) is 19.8 Å². The summed E-state index contributed by atoms with van der Waals surface area (Å²) in [5, 5.41) is 1.06. The quantitative estimate of drug-likeness (QED) is 0.875. The summed E-state index contributed by atoms with van der Waals surface area (Å²) < 4.78 is 0. The molecule has 0 aliphatic carbocycles. The van der Waals surface area contributed by atoms with E-state index >= 15 is 0 Å². The van der Waals surface area contributed by atoms with Crippen LogP contribution in [0.2, 0.25) is 0 Å². The summed E-state index contributed by atoms with van der Waals surface area (Å²) in [5.41, 5.74) is 7.59. The number of para-hydroxylation sites is 1. The van der Waals surface area contributed by atoms with Gasteiger partial charge in [-0.15, -0.1) is 0 Å². The molecule has 2 aromatic rings. The number of pyridine rings is 1. The minimum absolute atomic E-state index is 0.0306. The Labute approximate surface area is 107 Å². The van der Waals surface area contributed by atoms with Gasteiger partial charge in [-0.1, -0.05) is 25.1 Å². The molecule has 1 aromatic heterocycles. The molecule has 0 aliphatic rings. The number of ketones is 1. The topological polar surface area (TPSA) is 56.0 Å². The summed E-state index contributed by atoms with van der Waals surface area (Å²) in [7, 11) is 0. The number of carbonyl (C=O) groups excluding carboxylic acids is 1. The molecule has 0 aliphatic heterocycles. The molecule has 2 rings (SSSR count). The van der Waals surface area contributed by atoms with Crippen LogP contribution in [0.5, 0.6) is 0 Å². The monoisotopic (exact) mass is 242 g/mol. The highest BCUT2D eigenvalue weighted by molar-refractivity contribution is 5.90. The van der Waals surface area contributed by atoms with Crippen molar-refractivity contribution in [3.8, 4) is 0 Å². The first kappa shape index (κ1) is 12.7. The van der Waals surface area contributed by atoms with Gasteiger partial charge in [0, 0.05) is 30.5 Å². The summed E-state index contributed by atoms with van der Waals surface area (Å²) in [6.45, 7) is 2.43. The summed E-state index contributed by atoms with van der Waals surface area (Å²) in [6, 6.07) is 9.81. The lowest BCUT2D eigenvalue weighted by Gasteiger charge is -2.11. The number of Topliss-reactive ketones (excluding diaryl/α,β-unsaturated/α-hetero) is 1. The van der Waals surface area contributed by atoms with Crippen molar-refractivity contribution in [2.24, 2.45) is 11.7 Å². The highest BCUT2D eigenvalue weighted by Crippen LogP contribution is 2.18. The average Bonchev–Trinajstić information content (AvgIpc) is 2.40. The van der Waals surface area contributed by atoms with E-state index in [1.54, 1.807) is 6.20 Å². The Balaban J connectivity index is 2.29. The normalized spacial score (nSPS) is 12.6. The lowest BCUT2D eigenvalue weighted by molar-refractivity contribution is -0.122. The molecule has 0 radical (unpaired) electrons. The first-order chi connectivity index (χ1) is 8.76. The largest absolute Gasteiger partial charge is 0.330 e. The van der Waals surface area contributed by atoms with Crippen molar-refractivity contribution in [3.63, 3.8) is 0 Å². The van der Waals surface area contributed by atoms with Gasteiger partial charge in [-0.2, -0.15) is 0 Å². The Kier molecular flexibility index (Phi) is 4.05. The van der Waals surface area contributed by atoms with Crippen LogP contribution in [0.3, 0.4) is 0 Å². The predicted molar refractivity (Wildman–Crippen MR) is 73.3 cm³/mol. The molecule has 0 fully saturated rings. The molecule has 1 aromatic carbocycles. The maximum Gasteiger partial charge on any atom is 0.141 e. The summed E-state index contributed by atoms with van der Waals surface area (Å²) in [4.78, 5) is 16.4. The van der Waals surface area contributed by atoms with E-state index in [4.69, 9.17) is 5.73 Å². The molecule has 94 valence electrons. The van der Waals surface area contributed by atoms with E-state index in [0.29, 0.717) is 13.0 Å². The molecular weight excluding hydrogens is 224 g/mol. The third-order valence-corrected chi connectivity index (χ3v) is 3.34. The van der Waals surface area contributed by atoms with Crippen molar-refractivity contribution in [2.75, 3.05) is 6.54 Å². The highest BCUT2D eigenvalue weighted by atomic mass is 16.1. The summed E-state index contributed by atoms with van der Waals surface area (Å²) in [6.07, 6.45) is 3.01. The van der Waals surface area contributed by atoms with Crippen LogP contribution in [0, 0.1) is 5.92 Å². The molecule has 1 atom stereocenters. The number of carbonyl (C=O) groups is 1. The van der Waals surface area contributed by atoms with Crippen LogP contribution in [0.15, 0.2) is 36.5 Å². The van der Waals surface area contributed by atoms with Crippen LogP contribution in [0.4, 0.5) is 0 Å². The van der Waals surface area contributed by atoms with E-state index in [0.717, 1.165) is 22.9 Å². The first-order valence-electron chi connectivity index (χ1n) is 6.31. The van der Waals surface area contributed by atoms with Gasteiger partial charge in [0.1, 0.15) is 5.78 Å². The zero-order valence-electron chi connectivity index (χ0n) is 10.6. The van der Waals surface area contributed by atoms with E-state index in [9.17, 15) is 4.79 Å². The van der Waals surface area contributed by atoms with E-state index in [1.165, 1.54) is 0 Å². The van der Waals surface area contributed by atoms with Crippen LogP contribution in [0.1, 0.15) is 18.9 Å². The second-order valence-corrected chi connectivity index (χ2v) is 4.47. The molecule has 1 unspecified atom stereocenters. The van der Waals surface area contributed by atoms with Gasteiger partial charge in [0.05, 0.1) is 5.52 Å². The number of rotatable bonds is 5. The number of hydrogen-bond donors (Lipinski definition) is 1. The number of fused-ring (bicyclic) bond motifs is 1. The molecule has 18 heavy (non-hydrogen) atoms. The van der Waals surface area contributed by atoms with E-state index < -0.39 is 0 Å². The summed E-state index contributed by atoms with van der Waals surface area (Å²) in [5.74, 6) is 0.188. The molecular formula is C15H18N2O. The van der Waals surface area contributed by atoms with Crippen molar-refractivity contribution in [3.05, 3.63) is 42.1 Å². The van der Waals surface area contributed by atoms with Crippen molar-refractivity contribution < 1.29 is 4.79 Å². The smallest absolute Gasteiger partial charge is 0.141 e. The molecule has 2 N–H and O–H groups in total. The summed E-state index contributed by atoms with van der Waals surface area (Å²) >= 11 is 0. The van der Waals surface area contributed by atoms with Gasteiger partial charge in [-0.3, -0.25) is 9.78 Å². The maximum atomic E-state index is 12.1. The van der Waals surface area contributed by atoms with E-state index in [1.807, 2.05) is 37.3 Å².